The number of nitrogens with two attached hydrogens (primary N) is 1. The zero-order valence-corrected chi connectivity index (χ0v) is 11.2. The number of rotatable bonds is 3. The van der Waals surface area contributed by atoms with Crippen molar-refractivity contribution in [2.45, 2.75) is 31.7 Å². The Morgan fingerprint density at radius 3 is 2.89 bits per heavy atom. The fourth-order valence-corrected chi connectivity index (χ4v) is 3.03. The number of aryl methyl sites for hydroxylation is 1. The number of benzene rings is 1. The Balaban J connectivity index is 1.85. The molecular weight excluding hydrogens is 238 g/mol. The smallest absolute Gasteiger partial charge is 0.145 e. The topological polar surface area (TPSA) is 60.9 Å². The predicted octanol–water partition coefficient (Wildman–Crippen LogP) is 1.81. The van der Waals surface area contributed by atoms with E-state index in [1.54, 1.807) is 0 Å². The van der Waals surface area contributed by atoms with Crippen LogP contribution >= 0.6 is 0 Å². The minimum atomic E-state index is 0.0276. The van der Waals surface area contributed by atoms with Gasteiger partial charge in [0.2, 0.25) is 0 Å². The number of para-hydroxylation sites is 2. The second-order valence-electron chi connectivity index (χ2n) is 5.42. The van der Waals surface area contributed by atoms with Crippen LogP contribution in [0.5, 0.6) is 0 Å². The van der Waals surface area contributed by atoms with Gasteiger partial charge in [0.05, 0.1) is 17.5 Å². The molecule has 3 rings (SSSR count). The van der Waals surface area contributed by atoms with E-state index in [9.17, 15) is 4.79 Å². The molecule has 0 amide bonds. The summed E-state index contributed by atoms with van der Waals surface area (Å²) in [6.45, 7) is 0. The number of carbonyl (C=O) groups is 1. The number of aromatic nitrogens is 2. The molecule has 1 aromatic carbocycles. The van der Waals surface area contributed by atoms with Crippen molar-refractivity contribution in [2.75, 3.05) is 0 Å². The molecule has 4 nitrogen and oxygen atoms in total. The number of fused-ring (bicyclic) bond motifs is 1. The number of Topliss-reactive ketones (excluding diaryl/α,β-unsaturated/α-hetero) is 1. The van der Waals surface area contributed by atoms with Crippen molar-refractivity contribution >= 4 is 16.8 Å². The monoisotopic (exact) mass is 257 g/mol. The summed E-state index contributed by atoms with van der Waals surface area (Å²) in [5.41, 5.74) is 8.02. The van der Waals surface area contributed by atoms with Crippen LogP contribution in [0.3, 0.4) is 0 Å². The zero-order valence-electron chi connectivity index (χ0n) is 11.2. The van der Waals surface area contributed by atoms with Crippen LogP contribution in [0, 0.1) is 5.92 Å². The van der Waals surface area contributed by atoms with E-state index in [2.05, 4.69) is 4.98 Å². The van der Waals surface area contributed by atoms with E-state index < -0.39 is 0 Å². The maximum Gasteiger partial charge on any atom is 0.145 e. The normalized spacial score (nSPS) is 23.1. The molecule has 2 aromatic rings. The highest BCUT2D eigenvalue weighted by Crippen LogP contribution is 2.26. The second-order valence-corrected chi connectivity index (χ2v) is 5.42. The molecule has 100 valence electrons. The predicted molar refractivity (Wildman–Crippen MR) is 74.7 cm³/mol. The van der Waals surface area contributed by atoms with E-state index in [1.807, 2.05) is 35.9 Å². The highest BCUT2D eigenvalue weighted by Gasteiger charge is 2.30. The molecule has 2 N–H and O–H groups in total. The second kappa shape index (κ2) is 4.78. The highest BCUT2D eigenvalue weighted by molar-refractivity contribution is 5.85. The van der Waals surface area contributed by atoms with Gasteiger partial charge in [0, 0.05) is 19.0 Å². The molecule has 0 radical (unpaired) electrons. The van der Waals surface area contributed by atoms with Crippen LogP contribution in [0.4, 0.5) is 0 Å². The number of carbonyl (C=O) groups excluding carboxylic acids is 1. The maximum atomic E-state index is 12.3. The fourth-order valence-electron chi connectivity index (χ4n) is 3.03. The van der Waals surface area contributed by atoms with E-state index in [4.69, 9.17) is 5.73 Å². The lowest BCUT2D eigenvalue weighted by Crippen LogP contribution is -2.32. The summed E-state index contributed by atoms with van der Waals surface area (Å²) < 4.78 is 2.01. The standard InChI is InChI=1S/C15H19N3O/c1-18-13-8-3-2-7-12(13)17-15(18)9-14(19)10-5-4-6-11(10)16/h2-3,7-8,10-11H,4-6,9,16H2,1H3. The van der Waals surface area contributed by atoms with E-state index >= 15 is 0 Å². The third-order valence-corrected chi connectivity index (χ3v) is 4.20. The van der Waals surface area contributed by atoms with Crippen molar-refractivity contribution in [3.63, 3.8) is 0 Å². The first-order chi connectivity index (χ1) is 9.16. The Kier molecular flexibility index (Phi) is 3.11. The number of hydrogen-bond acceptors (Lipinski definition) is 3. The molecule has 0 spiro atoms. The molecule has 19 heavy (non-hydrogen) atoms. The number of nitrogens with zero attached hydrogens (tertiary/aromatic N) is 2. The van der Waals surface area contributed by atoms with Gasteiger partial charge in [0.15, 0.2) is 0 Å². The van der Waals surface area contributed by atoms with Crippen molar-refractivity contribution in [3.05, 3.63) is 30.1 Å². The van der Waals surface area contributed by atoms with Crippen LogP contribution in [0.15, 0.2) is 24.3 Å². The van der Waals surface area contributed by atoms with Crippen LogP contribution in [-0.4, -0.2) is 21.4 Å². The summed E-state index contributed by atoms with van der Waals surface area (Å²) in [4.78, 5) is 16.9. The third-order valence-electron chi connectivity index (χ3n) is 4.20. The number of hydrogen-bond donors (Lipinski definition) is 1. The molecule has 1 aliphatic carbocycles. The van der Waals surface area contributed by atoms with Crippen LogP contribution in [0.2, 0.25) is 0 Å². The Bertz CT molecular complexity index is 617. The summed E-state index contributed by atoms with van der Waals surface area (Å²) in [6, 6.07) is 8.00. The van der Waals surface area contributed by atoms with Crippen molar-refractivity contribution in [1.82, 2.24) is 9.55 Å². The summed E-state index contributed by atoms with van der Waals surface area (Å²) in [6.07, 6.45) is 3.37. The molecule has 4 heteroatoms. The first-order valence-corrected chi connectivity index (χ1v) is 6.85. The molecule has 1 aromatic heterocycles. The van der Waals surface area contributed by atoms with Crippen molar-refractivity contribution in [1.29, 1.82) is 0 Å². The Labute approximate surface area is 112 Å². The average Bonchev–Trinajstić information content (AvgIpc) is 2.95. The van der Waals surface area contributed by atoms with Gasteiger partial charge < -0.3 is 10.3 Å². The van der Waals surface area contributed by atoms with Gasteiger partial charge in [-0.3, -0.25) is 4.79 Å². The Morgan fingerprint density at radius 2 is 2.21 bits per heavy atom. The molecule has 2 atom stereocenters. The molecule has 1 heterocycles. The van der Waals surface area contributed by atoms with Gasteiger partial charge in [-0.15, -0.1) is 0 Å². The molecule has 1 saturated carbocycles. The van der Waals surface area contributed by atoms with Crippen LogP contribution < -0.4 is 5.73 Å². The first kappa shape index (κ1) is 12.4. The first-order valence-electron chi connectivity index (χ1n) is 6.85. The summed E-state index contributed by atoms with van der Waals surface area (Å²) in [7, 11) is 1.96. The highest BCUT2D eigenvalue weighted by atomic mass is 16.1. The molecule has 0 aliphatic heterocycles. The van der Waals surface area contributed by atoms with Gasteiger partial charge in [-0.25, -0.2) is 4.98 Å². The van der Waals surface area contributed by atoms with Crippen LogP contribution in [0.1, 0.15) is 25.1 Å². The molecule has 1 fully saturated rings. The summed E-state index contributed by atoms with van der Waals surface area (Å²) in [5.74, 6) is 1.11. The van der Waals surface area contributed by atoms with Crippen molar-refractivity contribution < 1.29 is 4.79 Å². The quantitative estimate of drug-likeness (QED) is 0.912. The average molecular weight is 257 g/mol. The lowest BCUT2D eigenvalue weighted by molar-refractivity contribution is -0.122. The van der Waals surface area contributed by atoms with Gasteiger partial charge >= 0.3 is 0 Å². The minimum absolute atomic E-state index is 0.0276. The van der Waals surface area contributed by atoms with Gasteiger partial charge in [-0.2, -0.15) is 0 Å². The summed E-state index contributed by atoms with van der Waals surface area (Å²) >= 11 is 0. The maximum absolute atomic E-state index is 12.3. The van der Waals surface area contributed by atoms with E-state index in [0.29, 0.717) is 6.42 Å². The Morgan fingerprint density at radius 1 is 1.42 bits per heavy atom. The summed E-state index contributed by atoms with van der Waals surface area (Å²) in [5, 5.41) is 0. The Hall–Kier alpha value is -1.68. The number of ketones is 1. The van der Waals surface area contributed by atoms with Crippen molar-refractivity contribution in [3.8, 4) is 0 Å². The van der Waals surface area contributed by atoms with E-state index in [1.165, 1.54) is 0 Å². The molecule has 0 saturated heterocycles. The fraction of sp³-hybridized carbons (Fsp3) is 0.467. The van der Waals surface area contributed by atoms with Crippen LogP contribution in [0.25, 0.3) is 11.0 Å². The molecule has 1 aliphatic rings. The number of imidazole rings is 1. The van der Waals surface area contributed by atoms with E-state index in [-0.39, 0.29) is 17.7 Å². The molecule has 2 unspecified atom stereocenters. The van der Waals surface area contributed by atoms with Crippen molar-refractivity contribution in [2.24, 2.45) is 18.7 Å². The molecule has 0 bridgehead atoms. The lowest BCUT2D eigenvalue weighted by atomic mass is 9.96. The third kappa shape index (κ3) is 2.16. The minimum Gasteiger partial charge on any atom is -0.331 e. The zero-order chi connectivity index (χ0) is 13.4. The van der Waals surface area contributed by atoms with Gasteiger partial charge in [0.1, 0.15) is 11.6 Å². The van der Waals surface area contributed by atoms with Gasteiger partial charge in [-0.1, -0.05) is 18.6 Å². The lowest BCUT2D eigenvalue weighted by Gasteiger charge is -2.13. The van der Waals surface area contributed by atoms with E-state index in [0.717, 1.165) is 36.1 Å². The SMILES string of the molecule is Cn1c(CC(=O)C2CCCC2N)nc2ccccc21. The molecular formula is C15H19N3O. The largest absolute Gasteiger partial charge is 0.331 e. The van der Waals surface area contributed by atoms with Gasteiger partial charge in [0.25, 0.3) is 0 Å². The van der Waals surface area contributed by atoms with Gasteiger partial charge in [-0.05, 0) is 25.0 Å². The van der Waals surface area contributed by atoms with Crippen LogP contribution in [-0.2, 0) is 18.3 Å².